The highest BCUT2D eigenvalue weighted by Gasteiger charge is 2.15. The van der Waals surface area contributed by atoms with Crippen LogP contribution in [0.3, 0.4) is 0 Å². The Hall–Kier alpha value is -1.95. The van der Waals surface area contributed by atoms with Gasteiger partial charge in [0.2, 0.25) is 0 Å². The van der Waals surface area contributed by atoms with Gasteiger partial charge in [0, 0.05) is 13.1 Å². The number of ether oxygens (including phenoxy) is 1. The van der Waals surface area contributed by atoms with E-state index < -0.39 is 5.97 Å². The number of nitrogens with one attached hydrogen (secondary N) is 1. The van der Waals surface area contributed by atoms with E-state index in [0.717, 1.165) is 21.5 Å². The molecule has 0 unspecified atom stereocenters. The monoisotopic (exact) mass is 293 g/mol. The summed E-state index contributed by atoms with van der Waals surface area (Å²) < 4.78 is 7.30. The van der Waals surface area contributed by atoms with Gasteiger partial charge in [0.1, 0.15) is 16.0 Å². The maximum Gasteiger partial charge on any atom is 0.356 e. The van der Waals surface area contributed by atoms with Crippen molar-refractivity contribution in [1.82, 2.24) is 14.8 Å². The molecule has 0 atom stereocenters. The van der Waals surface area contributed by atoms with Crippen LogP contribution in [0, 0.1) is 18.5 Å². The molecule has 2 heterocycles. The maximum atomic E-state index is 11.4. The lowest BCUT2D eigenvalue weighted by Crippen LogP contribution is -2.03. The highest BCUT2D eigenvalue weighted by Crippen LogP contribution is 2.23. The molecule has 0 aliphatic rings. The summed E-state index contributed by atoms with van der Waals surface area (Å²) in [4.78, 5) is 11.4. The van der Waals surface area contributed by atoms with Gasteiger partial charge in [0.25, 0.3) is 0 Å². The third-order valence-corrected chi connectivity index (χ3v) is 3.61. The smallest absolute Gasteiger partial charge is 0.356 e. The fourth-order valence-electron chi connectivity index (χ4n) is 2.12. The molecule has 0 aromatic carbocycles. The Morgan fingerprint density at radius 3 is 2.60 bits per heavy atom. The van der Waals surface area contributed by atoms with Crippen LogP contribution in [-0.2, 0) is 11.8 Å². The minimum absolute atomic E-state index is 0. The van der Waals surface area contributed by atoms with Gasteiger partial charge in [-0.1, -0.05) is 25.7 Å². The second kappa shape index (κ2) is 6.00. The van der Waals surface area contributed by atoms with Gasteiger partial charge in [-0.25, -0.2) is 4.79 Å². The molecule has 2 rings (SSSR count). The standard InChI is InChI=1S/C13H15N3O2S.CH4/c1-7-5-8(2)12(19)16(3)11(7)9-6-10(15-14-9)13(17)18-4;/h5-6H,1-4H3,(H,14,15);1H4. The molecule has 0 saturated carbocycles. The fraction of sp³-hybridized carbons (Fsp3) is 0.357. The number of aromatic nitrogens is 3. The Morgan fingerprint density at radius 2 is 2.00 bits per heavy atom. The molecular weight excluding hydrogens is 274 g/mol. The predicted octanol–water partition coefficient (Wildman–Crippen LogP) is 3.18. The second-order valence-corrected chi connectivity index (χ2v) is 4.77. The number of rotatable bonds is 2. The van der Waals surface area contributed by atoms with Gasteiger partial charge in [-0.15, -0.1) is 0 Å². The minimum Gasteiger partial charge on any atom is -0.464 e. The van der Waals surface area contributed by atoms with Crippen LogP contribution in [0.15, 0.2) is 12.1 Å². The van der Waals surface area contributed by atoms with E-state index in [1.165, 1.54) is 7.11 Å². The molecule has 2 aromatic rings. The third kappa shape index (κ3) is 2.65. The van der Waals surface area contributed by atoms with Gasteiger partial charge in [0.05, 0.1) is 12.8 Å². The van der Waals surface area contributed by atoms with E-state index in [1.54, 1.807) is 6.07 Å². The van der Waals surface area contributed by atoms with Crippen molar-refractivity contribution in [3.63, 3.8) is 0 Å². The van der Waals surface area contributed by atoms with Crippen molar-refractivity contribution in [3.8, 4) is 11.4 Å². The van der Waals surface area contributed by atoms with Crippen LogP contribution in [0.5, 0.6) is 0 Å². The first kappa shape index (κ1) is 16.1. The van der Waals surface area contributed by atoms with Gasteiger partial charge < -0.3 is 9.30 Å². The minimum atomic E-state index is -0.440. The van der Waals surface area contributed by atoms with Gasteiger partial charge in [0.15, 0.2) is 0 Å². The number of carbonyl (C=O) groups is 1. The summed E-state index contributed by atoms with van der Waals surface area (Å²) in [7, 11) is 3.23. The van der Waals surface area contributed by atoms with E-state index >= 15 is 0 Å². The number of esters is 1. The lowest BCUT2D eigenvalue weighted by atomic mass is 10.1. The van der Waals surface area contributed by atoms with Crippen molar-refractivity contribution >= 4 is 18.2 Å². The Bertz CT molecular complexity index is 701. The number of methoxy groups -OCH3 is 1. The number of carbonyl (C=O) groups excluding carboxylic acids is 1. The molecule has 20 heavy (non-hydrogen) atoms. The molecular formula is C14H19N3O2S. The normalized spacial score (nSPS) is 10.0. The van der Waals surface area contributed by atoms with Crippen LogP contribution in [0.2, 0.25) is 0 Å². The fourth-order valence-corrected chi connectivity index (χ4v) is 2.27. The van der Waals surface area contributed by atoms with Crippen LogP contribution >= 0.6 is 12.2 Å². The van der Waals surface area contributed by atoms with E-state index in [0.29, 0.717) is 11.4 Å². The van der Waals surface area contributed by atoms with Crippen molar-refractivity contribution in [2.75, 3.05) is 7.11 Å². The number of H-pyrrole nitrogens is 1. The molecule has 5 nitrogen and oxygen atoms in total. The van der Waals surface area contributed by atoms with Crippen LogP contribution in [0.1, 0.15) is 29.0 Å². The quantitative estimate of drug-likeness (QED) is 0.682. The molecule has 1 N–H and O–H groups in total. The summed E-state index contributed by atoms with van der Waals surface area (Å²) in [6.45, 7) is 3.97. The number of aromatic amines is 1. The SMILES string of the molecule is C.COC(=O)c1cc(-c2c(C)cc(C)c(=S)n2C)n[nH]1. The largest absolute Gasteiger partial charge is 0.464 e. The van der Waals surface area contributed by atoms with E-state index in [4.69, 9.17) is 12.2 Å². The van der Waals surface area contributed by atoms with Crippen LogP contribution < -0.4 is 0 Å². The predicted molar refractivity (Wildman–Crippen MR) is 81.4 cm³/mol. The summed E-state index contributed by atoms with van der Waals surface area (Å²) in [5.41, 5.74) is 3.98. The van der Waals surface area contributed by atoms with Crippen molar-refractivity contribution < 1.29 is 9.53 Å². The van der Waals surface area contributed by atoms with Gasteiger partial charge in [-0.05, 0) is 25.0 Å². The van der Waals surface area contributed by atoms with E-state index in [9.17, 15) is 4.79 Å². The number of nitrogens with zero attached hydrogens (tertiary/aromatic N) is 2. The Balaban J connectivity index is 0.00000200. The maximum absolute atomic E-state index is 11.4. The van der Waals surface area contributed by atoms with Crippen molar-refractivity contribution in [2.24, 2.45) is 7.05 Å². The summed E-state index contributed by atoms with van der Waals surface area (Å²) in [5, 5.41) is 6.83. The zero-order valence-corrected chi connectivity index (χ0v) is 12.1. The van der Waals surface area contributed by atoms with Crippen molar-refractivity contribution in [3.05, 3.63) is 33.6 Å². The van der Waals surface area contributed by atoms with Gasteiger partial charge in [-0.2, -0.15) is 5.10 Å². The average Bonchev–Trinajstić information content (AvgIpc) is 2.84. The number of hydrogen-bond donors (Lipinski definition) is 1. The van der Waals surface area contributed by atoms with E-state index in [-0.39, 0.29) is 7.43 Å². The van der Waals surface area contributed by atoms with Crippen molar-refractivity contribution in [1.29, 1.82) is 0 Å². The van der Waals surface area contributed by atoms with E-state index in [2.05, 4.69) is 14.9 Å². The molecule has 0 fully saturated rings. The Morgan fingerprint density at radius 1 is 1.35 bits per heavy atom. The first-order chi connectivity index (χ1) is 8.95. The van der Waals surface area contributed by atoms with Crippen LogP contribution in [0.25, 0.3) is 11.4 Å². The first-order valence-corrected chi connectivity index (χ1v) is 6.18. The lowest BCUT2D eigenvalue weighted by molar-refractivity contribution is 0.0594. The first-order valence-electron chi connectivity index (χ1n) is 5.77. The molecule has 108 valence electrons. The summed E-state index contributed by atoms with van der Waals surface area (Å²) in [6, 6.07) is 3.68. The number of aryl methyl sites for hydroxylation is 2. The zero-order valence-electron chi connectivity index (χ0n) is 11.3. The molecule has 0 amide bonds. The Kier molecular flexibility index (Phi) is 4.83. The molecule has 0 bridgehead atoms. The van der Waals surface area contributed by atoms with Crippen LogP contribution in [-0.4, -0.2) is 27.8 Å². The van der Waals surface area contributed by atoms with E-state index in [1.807, 2.05) is 31.5 Å². The highest BCUT2D eigenvalue weighted by molar-refractivity contribution is 7.71. The summed E-state index contributed by atoms with van der Waals surface area (Å²) >= 11 is 5.36. The molecule has 0 spiro atoms. The average molecular weight is 293 g/mol. The zero-order chi connectivity index (χ0) is 14.2. The summed E-state index contributed by atoms with van der Waals surface area (Å²) in [5.74, 6) is -0.440. The summed E-state index contributed by atoms with van der Waals surface area (Å²) in [6.07, 6.45) is 0. The van der Waals surface area contributed by atoms with Crippen molar-refractivity contribution in [2.45, 2.75) is 21.3 Å². The molecule has 6 heteroatoms. The van der Waals surface area contributed by atoms with Crippen LogP contribution in [0.4, 0.5) is 0 Å². The van der Waals surface area contributed by atoms with Gasteiger partial charge in [-0.3, -0.25) is 5.10 Å². The molecule has 0 aliphatic carbocycles. The highest BCUT2D eigenvalue weighted by atomic mass is 32.1. The third-order valence-electron chi connectivity index (χ3n) is 3.01. The lowest BCUT2D eigenvalue weighted by Gasteiger charge is -2.12. The molecule has 0 radical (unpaired) electrons. The number of hydrogen-bond acceptors (Lipinski definition) is 4. The topological polar surface area (TPSA) is 59.9 Å². The molecule has 0 saturated heterocycles. The van der Waals surface area contributed by atoms with Gasteiger partial charge >= 0.3 is 5.97 Å². The molecule has 0 aliphatic heterocycles. The Labute approximate surface area is 123 Å². The number of pyridine rings is 1. The molecule has 2 aromatic heterocycles. The second-order valence-electron chi connectivity index (χ2n) is 4.38.